The highest BCUT2D eigenvalue weighted by molar-refractivity contribution is 5.87. The molecule has 4 rings (SSSR count). The summed E-state index contributed by atoms with van der Waals surface area (Å²) >= 11 is 0. The van der Waals surface area contributed by atoms with Crippen LogP contribution in [0.2, 0.25) is 0 Å². The molecule has 1 fully saturated rings. The molecule has 8 nitrogen and oxygen atoms in total. The summed E-state index contributed by atoms with van der Waals surface area (Å²) in [6.45, 7) is 5.35. The molecule has 8 heteroatoms. The van der Waals surface area contributed by atoms with Gasteiger partial charge in [-0.2, -0.15) is 0 Å². The van der Waals surface area contributed by atoms with Crippen LogP contribution in [-0.4, -0.2) is 50.9 Å². The summed E-state index contributed by atoms with van der Waals surface area (Å²) in [5, 5.41) is 10.8. The third-order valence-electron chi connectivity index (χ3n) is 5.22. The zero-order chi connectivity index (χ0) is 21.4. The number of morpholine rings is 1. The maximum atomic E-state index is 12.7. The van der Waals surface area contributed by atoms with Crippen LogP contribution in [-0.2, 0) is 23.0 Å². The highest BCUT2D eigenvalue weighted by atomic mass is 16.5. The van der Waals surface area contributed by atoms with Crippen LogP contribution in [0, 0.1) is 0 Å². The van der Waals surface area contributed by atoms with Crippen molar-refractivity contribution in [1.29, 1.82) is 0 Å². The number of nitrogens with zero attached hydrogens (tertiary/aromatic N) is 4. The Bertz CT molecular complexity index is 1160. The zero-order valence-electron chi connectivity index (χ0n) is 17.2. The van der Waals surface area contributed by atoms with Crippen molar-refractivity contribution in [3.63, 3.8) is 0 Å². The van der Waals surface area contributed by atoms with Crippen molar-refractivity contribution in [2.75, 3.05) is 18.0 Å². The lowest BCUT2D eigenvalue weighted by Crippen LogP contribution is -2.47. The van der Waals surface area contributed by atoms with Gasteiger partial charge in [-0.1, -0.05) is 12.1 Å². The lowest BCUT2D eigenvalue weighted by atomic mass is 10.1. The van der Waals surface area contributed by atoms with Gasteiger partial charge in [-0.25, -0.2) is 4.98 Å². The van der Waals surface area contributed by atoms with Crippen molar-refractivity contribution in [2.24, 2.45) is 7.05 Å². The number of carboxylic acids is 1. The number of benzene rings is 1. The normalized spacial score (nSPS) is 19.2. The van der Waals surface area contributed by atoms with E-state index in [2.05, 4.69) is 9.88 Å². The molecule has 3 aromatic rings. The van der Waals surface area contributed by atoms with Crippen molar-refractivity contribution in [3.8, 4) is 11.3 Å². The average Bonchev–Trinajstić information content (AvgIpc) is 2.68. The van der Waals surface area contributed by atoms with Crippen LogP contribution < -0.4 is 10.5 Å². The molecule has 0 amide bonds. The van der Waals surface area contributed by atoms with Crippen LogP contribution in [0.1, 0.15) is 19.5 Å². The van der Waals surface area contributed by atoms with E-state index >= 15 is 0 Å². The molecule has 2 atom stereocenters. The van der Waals surface area contributed by atoms with Gasteiger partial charge in [-0.3, -0.25) is 19.1 Å². The van der Waals surface area contributed by atoms with Gasteiger partial charge in [0.05, 0.1) is 30.0 Å². The van der Waals surface area contributed by atoms with Crippen molar-refractivity contribution < 1.29 is 14.6 Å². The number of hydrogen-bond acceptors (Lipinski definition) is 6. The van der Waals surface area contributed by atoms with E-state index in [1.54, 1.807) is 23.9 Å². The standard InChI is InChI=1S/C22H24N4O4/c1-13-11-26(12-14(2)30-13)22-24-19(9-20(27)25(22)3)15-4-5-16-10-23-18(8-21(28)29)7-17(16)6-15/h4-7,9-10,13-14H,8,11-12H2,1-3H3,(H,28,29)/t13-,14+. The summed E-state index contributed by atoms with van der Waals surface area (Å²) < 4.78 is 7.36. The first-order valence-electron chi connectivity index (χ1n) is 9.89. The van der Waals surface area contributed by atoms with Crippen LogP contribution in [0.15, 0.2) is 41.3 Å². The fraction of sp³-hybridized carbons (Fsp3) is 0.364. The number of anilines is 1. The third-order valence-corrected chi connectivity index (χ3v) is 5.22. The summed E-state index contributed by atoms with van der Waals surface area (Å²) in [7, 11) is 1.73. The Morgan fingerprint density at radius 1 is 1.17 bits per heavy atom. The molecule has 1 aliphatic heterocycles. The predicted molar refractivity (Wildman–Crippen MR) is 114 cm³/mol. The van der Waals surface area contributed by atoms with E-state index in [9.17, 15) is 9.59 Å². The van der Waals surface area contributed by atoms with Gasteiger partial charge in [0.2, 0.25) is 5.95 Å². The van der Waals surface area contributed by atoms with Crippen molar-refractivity contribution in [1.82, 2.24) is 14.5 Å². The summed E-state index contributed by atoms with van der Waals surface area (Å²) in [6.07, 6.45) is 1.63. The maximum absolute atomic E-state index is 12.7. The van der Waals surface area contributed by atoms with E-state index in [1.165, 1.54) is 6.07 Å². The van der Waals surface area contributed by atoms with Gasteiger partial charge < -0.3 is 14.7 Å². The first kappa shape index (κ1) is 20.0. The highest BCUT2D eigenvalue weighted by Crippen LogP contribution is 2.25. The summed E-state index contributed by atoms with van der Waals surface area (Å²) in [4.78, 5) is 34.7. The van der Waals surface area contributed by atoms with Crippen molar-refractivity contribution in [2.45, 2.75) is 32.5 Å². The number of aromatic nitrogens is 3. The minimum absolute atomic E-state index is 0.0510. The minimum Gasteiger partial charge on any atom is -0.481 e. The fourth-order valence-electron chi connectivity index (χ4n) is 3.90. The number of pyridine rings is 1. The van der Waals surface area contributed by atoms with E-state index in [0.717, 1.165) is 16.3 Å². The third kappa shape index (κ3) is 4.04. The van der Waals surface area contributed by atoms with E-state index in [4.69, 9.17) is 14.8 Å². The van der Waals surface area contributed by atoms with Gasteiger partial charge in [0.25, 0.3) is 5.56 Å². The van der Waals surface area contributed by atoms with Crippen LogP contribution >= 0.6 is 0 Å². The van der Waals surface area contributed by atoms with Gasteiger partial charge in [0.15, 0.2) is 0 Å². The maximum Gasteiger partial charge on any atom is 0.309 e. The molecule has 0 spiro atoms. The summed E-state index contributed by atoms with van der Waals surface area (Å²) in [6, 6.07) is 9.01. The van der Waals surface area contributed by atoms with Crippen LogP contribution in [0.3, 0.4) is 0 Å². The van der Waals surface area contributed by atoms with Crippen LogP contribution in [0.25, 0.3) is 22.0 Å². The largest absolute Gasteiger partial charge is 0.481 e. The zero-order valence-corrected chi connectivity index (χ0v) is 17.2. The van der Waals surface area contributed by atoms with E-state index in [1.807, 2.05) is 32.0 Å². The Labute approximate surface area is 173 Å². The predicted octanol–water partition coefficient (Wildman–Crippen LogP) is 2.24. The fourth-order valence-corrected chi connectivity index (χ4v) is 3.90. The van der Waals surface area contributed by atoms with Gasteiger partial charge in [0.1, 0.15) is 0 Å². The summed E-state index contributed by atoms with van der Waals surface area (Å²) in [5.74, 6) is -0.314. The van der Waals surface area contributed by atoms with Crippen LogP contribution in [0.4, 0.5) is 5.95 Å². The second-order valence-electron chi connectivity index (χ2n) is 7.81. The number of rotatable bonds is 4. The average molecular weight is 408 g/mol. The first-order chi connectivity index (χ1) is 14.3. The number of ether oxygens (including phenoxy) is 1. The molecule has 0 aliphatic carbocycles. The molecule has 0 radical (unpaired) electrons. The van der Waals surface area contributed by atoms with Crippen molar-refractivity contribution in [3.05, 3.63) is 52.6 Å². The van der Waals surface area contributed by atoms with Gasteiger partial charge in [0, 0.05) is 43.4 Å². The molecule has 0 unspecified atom stereocenters. The highest BCUT2D eigenvalue weighted by Gasteiger charge is 2.25. The Hall–Kier alpha value is -3.26. The quantitative estimate of drug-likeness (QED) is 0.707. The molecular weight excluding hydrogens is 384 g/mol. The first-order valence-corrected chi connectivity index (χ1v) is 9.89. The molecule has 0 saturated carbocycles. The Morgan fingerprint density at radius 2 is 1.90 bits per heavy atom. The lowest BCUT2D eigenvalue weighted by Gasteiger charge is -2.36. The molecule has 1 N–H and O–H groups in total. The van der Waals surface area contributed by atoms with Gasteiger partial charge in [-0.15, -0.1) is 0 Å². The molecule has 0 bridgehead atoms. The monoisotopic (exact) mass is 408 g/mol. The lowest BCUT2D eigenvalue weighted by molar-refractivity contribution is -0.136. The molecule has 156 valence electrons. The molecule has 30 heavy (non-hydrogen) atoms. The number of aliphatic carboxylic acids is 1. The smallest absolute Gasteiger partial charge is 0.309 e. The second kappa shape index (κ2) is 7.87. The number of fused-ring (bicyclic) bond motifs is 1. The second-order valence-corrected chi connectivity index (χ2v) is 7.81. The molecule has 1 saturated heterocycles. The SMILES string of the molecule is C[C@@H]1CN(c2nc(-c3ccc4cnc(CC(=O)O)cc4c3)cc(=O)n2C)C[C@H](C)O1. The number of carboxylic acid groups (broad SMARTS) is 1. The molecule has 2 aromatic heterocycles. The number of hydrogen-bond donors (Lipinski definition) is 1. The van der Waals surface area contributed by atoms with E-state index in [0.29, 0.717) is 30.4 Å². The minimum atomic E-state index is -0.926. The molecule has 1 aromatic carbocycles. The van der Waals surface area contributed by atoms with Gasteiger partial charge in [-0.05, 0) is 31.4 Å². The van der Waals surface area contributed by atoms with E-state index < -0.39 is 5.97 Å². The Balaban J connectivity index is 1.76. The molecular formula is C22H24N4O4. The Kier molecular flexibility index (Phi) is 5.26. The summed E-state index contributed by atoms with van der Waals surface area (Å²) in [5.41, 5.74) is 1.73. The number of carbonyl (C=O) groups is 1. The molecule has 3 heterocycles. The topological polar surface area (TPSA) is 97.6 Å². The van der Waals surface area contributed by atoms with Crippen LogP contribution in [0.5, 0.6) is 0 Å². The molecule has 1 aliphatic rings. The van der Waals surface area contributed by atoms with Gasteiger partial charge >= 0.3 is 5.97 Å². The van der Waals surface area contributed by atoms with Crippen molar-refractivity contribution >= 4 is 22.7 Å². The van der Waals surface area contributed by atoms with E-state index in [-0.39, 0.29) is 24.2 Å². The Morgan fingerprint density at radius 3 is 2.60 bits per heavy atom.